The molecule has 1 unspecified atom stereocenters. The second-order valence-corrected chi connectivity index (χ2v) is 5.11. The van der Waals surface area contributed by atoms with E-state index in [0.717, 1.165) is 37.4 Å². The third-order valence-corrected chi connectivity index (χ3v) is 3.45. The Hall–Kier alpha value is -1.55. The average molecular weight is 292 g/mol. The molecular weight excluding hydrogens is 264 g/mol. The molecule has 1 rings (SSSR count). The zero-order valence-electron chi connectivity index (χ0n) is 13.7. The highest BCUT2D eigenvalue weighted by atomic mass is 16.5. The average Bonchev–Trinajstić information content (AvgIpc) is 2.52. The predicted octanol–water partition coefficient (Wildman–Crippen LogP) is 2.82. The highest BCUT2D eigenvalue weighted by molar-refractivity contribution is 5.81. The number of nitrogens with zero attached hydrogens (tertiary/aromatic N) is 1. The molecule has 0 saturated heterocycles. The molecule has 0 bridgehead atoms. The van der Waals surface area contributed by atoms with E-state index in [0.29, 0.717) is 6.54 Å². The number of amides is 1. The number of nitrogens with one attached hydrogen (secondary N) is 1. The first-order valence-corrected chi connectivity index (χ1v) is 7.86. The van der Waals surface area contributed by atoms with Gasteiger partial charge < -0.3 is 15.0 Å². The standard InChI is InChI=1S/C17H28N2O2/c1-5-12-21-16-10-8-15(9-11-16)13-18-14(4)17(20)19(6-2)7-3/h8-11,14,18H,5-7,12-13H2,1-4H3. The first kappa shape index (κ1) is 17.5. The van der Waals surface area contributed by atoms with E-state index in [-0.39, 0.29) is 11.9 Å². The van der Waals surface area contributed by atoms with E-state index in [2.05, 4.69) is 12.2 Å². The second kappa shape index (κ2) is 9.40. The molecule has 0 radical (unpaired) electrons. The van der Waals surface area contributed by atoms with Gasteiger partial charge in [-0.2, -0.15) is 0 Å². The molecule has 0 aliphatic rings. The van der Waals surface area contributed by atoms with Crippen LogP contribution in [0.15, 0.2) is 24.3 Å². The lowest BCUT2D eigenvalue weighted by molar-refractivity contribution is -0.132. The van der Waals surface area contributed by atoms with Gasteiger partial charge in [0.25, 0.3) is 0 Å². The van der Waals surface area contributed by atoms with Crippen LogP contribution in [0, 0.1) is 0 Å². The van der Waals surface area contributed by atoms with Gasteiger partial charge in [-0.05, 0) is 44.9 Å². The van der Waals surface area contributed by atoms with Crippen molar-refractivity contribution in [2.24, 2.45) is 0 Å². The van der Waals surface area contributed by atoms with Crippen molar-refractivity contribution in [1.29, 1.82) is 0 Å². The van der Waals surface area contributed by atoms with Crippen LogP contribution in [0.25, 0.3) is 0 Å². The lowest BCUT2D eigenvalue weighted by atomic mass is 10.2. The van der Waals surface area contributed by atoms with Gasteiger partial charge >= 0.3 is 0 Å². The Balaban J connectivity index is 2.45. The Morgan fingerprint density at radius 1 is 1.19 bits per heavy atom. The second-order valence-electron chi connectivity index (χ2n) is 5.11. The first-order chi connectivity index (χ1) is 10.1. The summed E-state index contributed by atoms with van der Waals surface area (Å²) in [6.45, 7) is 10.9. The Kier molecular flexibility index (Phi) is 7.83. The molecule has 0 aliphatic carbocycles. The van der Waals surface area contributed by atoms with E-state index in [9.17, 15) is 4.79 Å². The summed E-state index contributed by atoms with van der Waals surface area (Å²) in [5.74, 6) is 1.05. The van der Waals surface area contributed by atoms with Gasteiger partial charge in [-0.25, -0.2) is 0 Å². The molecule has 0 aromatic heterocycles. The van der Waals surface area contributed by atoms with Crippen LogP contribution in [0.4, 0.5) is 0 Å². The molecule has 1 amide bonds. The molecule has 0 spiro atoms. The van der Waals surface area contributed by atoms with Crippen molar-refractivity contribution >= 4 is 5.91 Å². The molecule has 118 valence electrons. The van der Waals surface area contributed by atoms with Crippen molar-refractivity contribution in [3.63, 3.8) is 0 Å². The molecule has 0 aliphatic heterocycles. The van der Waals surface area contributed by atoms with E-state index in [1.165, 1.54) is 0 Å². The number of likely N-dealkylation sites (N-methyl/N-ethyl adjacent to an activating group) is 1. The number of benzene rings is 1. The minimum atomic E-state index is -0.166. The van der Waals surface area contributed by atoms with Crippen molar-refractivity contribution in [2.75, 3.05) is 19.7 Å². The van der Waals surface area contributed by atoms with Crippen LogP contribution in [0.2, 0.25) is 0 Å². The Bertz CT molecular complexity index is 413. The van der Waals surface area contributed by atoms with Gasteiger partial charge in [0, 0.05) is 19.6 Å². The van der Waals surface area contributed by atoms with Gasteiger partial charge in [-0.3, -0.25) is 4.79 Å². The summed E-state index contributed by atoms with van der Waals surface area (Å²) in [5.41, 5.74) is 1.15. The highest BCUT2D eigenvalue weighted by Gasteiger charge is 2.17. The molecule has 4 heteroatoms. The van der Waals surface area contributed by atoms with Crippen LogP contribution < -0.4 is 10.1 Å². The van der Waals surface area contributed by atoms with Crippen LogP contribution in [-0.4, -0.2) is 36.5 Å². The highest BCUT2D eigenvalue weighted by Crippen LogP contribution is 2.12. The monoisotopic (exact) mass is 292 g/mol. The molecule has 0 heterocycles. The van der Waals surface area contributed by atoms with Crippen LogP contribution in [0.5, 0.6) is 5.75 Å². The summed E-state index contributed by atoms with van der Waals surface area (Å²) in [7, 11) is 0. The van der Waals surface area contributed by atoms with E-state index >= 15 is 0 Å². The summed E-state index contributed by atoms with van der Waals surface area (Å²) in [6.07, 6.45) is 1.01. The summed E-state index contributed by atoms with van der Waals surface area (Å²) < 4.78 is 5.55. The number of carbonyl (C=O) groups excluding carboxylic acids is 1. The molecule has 0 fully saturated rings. The molecule has 1 aromatic rings. The van der Waals surface area contributed by atoms with E-state index in [1.54, 1.807) is 0 Å². The Morgan fingerprint density at radius 2 is 1.81 bits per heavy atom. The summed E-state index contributed by atoms with van der Waals surface area (Å²) in [6, 6.07) is 7.85. The molecule has 4 nitrogen and oxygen atoms in total. The maximum atomic E-state index is 12.1. The van der Waals surface area contributed by atoms with Crippen LogP contribution >= 0.6 is 0 Å². The number of hydrogen-bond donors (Lipinski definition) is 1. The van der Waals surface area contributed by atoms with Crippen LogP contribution in [0.3, 0.4) is 0 Å². The number of rotatable bonds is 9. The molecule has 1 aromatic carbocycles. The van der Waals surface area contributed by atoms with E-state index in [4.69, 9.17) is 4.74 Å². The lowest BCUT2D eigenvalue weighted by Crippen LogP contribution is -2.44. The predicted molar refractivity (Wildman–Crippen MR) is 86.5 cm³/mol. The minimum absolute atomic E-state index is 0.155. The summed E-state index contributed by atoms with van der Waals surface area (Å²) in [5, 5.41) is 3.28. The van der Waals surface area contributed by atoms with Crippen LogP contribution in [-0.2, 0) is 11.3 Å². The van der Waals surface area contributed by atoms with Crippen molar-refractivity contribution in [3.8, 4) is 5.75 Å². The van der Waals surface area contributed by atoms with Gasteiger partial charge in [0.15, 0.2) is 0 Å². The van der Waals surface area contributed by atoms with Crippen LogP contribution in [0.1, 0.15) is 39.7 Å². The van der Waals surface area contributed by atoms with Gasteiger partial charge in [0.05, 0.1) is 12.6 Å². The summed E-state index contributed by atoms with van der Waals surface area (Å²) >= 11 is 0. The maximum absolute atomic E-state index is 12.1. The quantitative estimate of drug-likeness (QED) is 0.761. The number of hydrogen-bond acceptors (Lipinski definition) is 3. The zero-order chi connectivity index (χ0) is 15.7. The fraction of sp³-hybridized carbons (Fsp3) is 0.588. The van der Waals surface area contributed by atoms with Gasteiger partial charge in [-0.15, -0.1) is 0 Å². The lowest BCUT2D eigenvalue weighted by Gasteiger charge is -2.23. The van der Waals surface area contributed by atoms with Crippen molar-refractivity contribution in [2.45, 2.75) is 46.7 Å². The van der Waals surface area contributed by atoms with E-state index < -0.39 is 0 Å². The third kappa shape index (κ3) is 5.76. The first-order valence-electron chi connectivity index (χ1n) is 7.86. The number of carbonyl (C=O) groups is 1. The summed E-state index contributed by atoms with van der Waals surface area (Å²) in [4.78, 5) is 14.0. The topological polar surface area (TPSA) is 41.6 Å². The zero-order valence-corrected chi connectivity index (χ0v) is 13.7. The third-order valence-electron chi connectivity index (χ3n) is 3.45. The fourth-order valence-corrected chi connectivity index (χ4v) is 2.09. The Morgan fingerprint density at radius 3 is 2.33 bits per heavy atom. The number of ether oxygens (including phenoxy) is 1. The van der Waals surface area contributed by atoms with Gasteiger partial charge in [0.1, 0.15) is 5.75 Å². The Labute approximate surface area is 128 Å². The molecule has 1 atom stereocenters. The van der Waals surface area contributed by atoms with E-state index in [1.807, 2.05) is 49.9 Å². The molecule has 21 heavy (non-hydrogen) atoms. The maximum Gasteiger partial charge on any atom is 0.239 e. The largest absolute Gasteiger partial charge is 0.494 e. The van der Waals surface area contributed by atoms with Gasteiger partial charge in [0.2, 0.25) is 5.91 Å². The smallest absolute Gasteiger partial charge is 0.239 e. The molecule has 0 saturated carbocycles. The SMILES string of the molecule is CCCOc1ccc(CNC(C)C(=O)N(CC)CC)cc1. The van der Waals surface area contributed by atoms with Crippen molar-refractivity contribution in [3.05, 3.63) is 29.8 Å². The van der Waals surface area contributed by atoms with Crippen molar-refractivity contribution in [1.82, 2.24) is 10.2 Å². The van der Waals surface area contributed by atoms with Crippen molar-refractivity contribution < 1.29 is 9.53 Å². The molecular formula is C17H28N2O2. The normalized spacial score (nSPS) is 12.0. The van der Waals surface area contributed by atoms with Gasteiger partial charge in [-0.1, -0.05) is 19.1 Å². The molecule has 1 N–H and O–H groups in total. The minimum Gasteiger partial charge on any atom is -0.494 e. The fourth-order valence-electron chi connectivity index (χ4n) is 2.09.